The van der Waals surface area contributed by atoms with E-state index < -0.39 is 20.4 Å². The molecule has 0 atom stereocenters. The predicted octanol–water partition coefficient (Wildman–Crippen LogP) is 3.81. The molecule has 5 heterocycles. The molecular formula is C25H26N2OTe. The summed E-state index contributed by atoms with van der Waals surface area (Å²) < 4.78 is 3.00. The van der Waals surface area contributed by atoms with Crippen LogP contribution in [-0.2, 0) is 25.7 Å². The summed E-state index contributed by atoms with van der Waals surface area (Å²) in [5.74, 6) is 0. The van der Waals surface area contributed by atoms with Gasteiger partial charge in [-0.05, 0) is 0 Å². The zero-order valence-electron chi connectivity index (χ0n) is 16.9. The summed E-state index contributed by atoms with van der Waals surface area (Å²) in [5, 5.41) is 2.18. The summed E-state index contributed by atoms with van der Waals surface area (Å²) in [7, 11) is 0. The summed E-state index contributed by atoms with van der Waals surface area (Å²) in [5.41, 5.74) is 9.48. The Bertz CT molecular complexity index is 1160. The molecule has 0 unspecified atom stereocenters. The Morgan fingerprint density at radius 1 is 0.655 bits per heavy atom. The van der Waals surface area contributed by atoms with Crippen LogP contribution >= 0.6 is 0 Å². The van der Waals surface area contributed by atoms with Crippen LogP contribution in [-0.4, -0.2) is 46.6 Å². The van der Waals surface area contributed by atoms with Gasteiger partial charge in [0.2, 0.25) is 0 Å². The first kappa shape index (κ1) is 17.2. The molecule has 0 saturated heterocycles. The van der Waals surface area contributed by atoms with E-state index in [0.29, 0.717) is 5.43 Å². The molecule has 29 heavy (non-hydrogen) atoms. The van der Waals surface area contributed by atoms with Crippen LogP contribution in [0, 0.1) is 0 Å². The molecule has 0 bridgehead atoms. The second-order valence-corrected chi connectivity index (χ2v) is 12.2. The molecule has 0 saturated carbocycles. The molecule has 0 radical (unpaired) electrons. The molecule has 2 aromatic carbocycles. The van der Waals surface area contributed by atoms with Crippen molar-refractivity contribution in [2.24, 2.45) is 0 Å². The van der Waals surface area contributed by atoms with Crippen LogP contribution in [0.3, 0.4) is 0 Å². The van der Waals surface area contributed by atoms with E-state index in [9.17, 15) is 4.79 Å². The Labute approximate surface area is 180 Å². The molecule has 0 fully saturated rings. The number of nitrogens with zero attached hydrogens (tertiary/aromatic N) is 2. The molecule has 148 valence electrons. The zero-order valence-corrected chi connectivity index (χ0v) is 19.2. The van der Waals surface area contributed by atoms with E-state index in [2.05, 4.69) is 21.9 Å². The molecule has 7 rings (SSSR count). The van der Waals surface area contributed by atoms with Gasteiger partial charge in [0.05, 0.1) is 0 Å². The van der Waals surface area contributed by atoms with E-state index in [4.69, 9.17) is 0 Å². The average Bonchev–Trinajstić information content (AvgIpc) is 2.76. The fourth-order valence-corrected chi connectivity index (χ4v) is 10.4. The van der Waals surface area contributed by atoms with Crippen molar-refractivity contribution >= 4 is 49.4 Å². The van der Waals surface area contributed by atoms with Crippen LogP contribution in [0.2, 0.25) is 0 Å². The third-order valence-corrected chi connectivity index (χ3v) is 11.5. The van der Waals surface area contributed by atoms with Crippen molar-refractivity contribution in [3.63, 3.8) is 0 Å². The minimum absolute atomic E-state index is 0.342. The molecule has 4 heteroatoms. The number of hydrogen-bond donors (Lipinski definition) is 0. The van der Waals surface area contributed by atoms with Gasteiger partial charge in [0.1, 0.15) is 0 Å². The Morgan fingerprint density at radius 3 is 1.59 bits per heavy atom. The molecule has 0 aliphatic carbocycles. The fourth-order valence-electron chi connectivity index (χ4n) is 6.48. The molecule has 1 aromatic heterocycles. The number of hydrogen-bond acceptors (Lipinski definition) is 3. The third kappa shape index (κ3) is 2.34. The minimum atomic E-state index is -0.517. The monoisotopic (exact) mass is 500 g/mol. The molecule has 3 aromatic rings. The van der Waals surface area contributed by atoms with Gasteiger partial charge in [-0.15, -0.1) is 0 Å². The Morgan fingerprint density at radius 2 is 1.10 bits per heavy atom. The summed E-state index contributed by atoms with van der Waals surface area (Å²) in [6.45, 7) is 4.82. The second kappa shape index (κ2) is 6.25. The fraction of sp³-hybridized carbons (Fsp3) is 0.480. The van der Waals surface area contributed by atoms with Crippen LogP contribution in [0.15, 0.2) is 16.9 Å². The van der Waals surface area contributed by atoms with Crippen LogP contribution in [0.1, 0.15) is 47.9 Å². The van der Waals surface area contributed by atoms with Crippen molar-refractivity contribution in [1.29, 1.82) is 0 Å². The SMILES string of the molecule is O=c1c2cc3c4c(c2[te]c2c5c6c(cc12)CCCN6CCC5)CCCN4CCC3. The van der Waals surface area contributed by atoms with Gasteiger partial charge < -0.3 is 0 Å². The number of aryl methyl sites for hydroxylation is 4. The van der Waals surface area contributed by atoms with Crippen molar-refractivity contribution in [3.05, 3.63) is 44.6 Å². The number of fused-ring (bicyclic) bond motifs is 4. The van der Waals surface area contributed by atoms with Gasteiger partial charge in [0.25, 0.3) is 0 Å². The summed E-state index contributed by atoms with van der Waals surface area (Å²) >= 11 is -0.517. The summed E-state index contributed by atoms with van der Waals surface area (Å²) in [4.78, 5) is 19.1. The van der Waals surface area contributed by atoms with Crippen molar-refractivity contribution in [1.82, 2.24) is 0 Å². The van der Waals surface area contributed by atoms with Crippen LogP contribution in [0.5, 0.6) is 0 Å². The van der Waals surface area contributed by atoms with E-state index in [1.807, 2.05) is 0 Å². The standard InChI is InChI=1S/C25H26N2OTe/c28-23-19-13-15-5-1-9-26-11-3-7-17(21(15)26)24(19)29-25-18-8-4-12-27-10-2-6-16(22(18)27)14-20(23)25/h13-14H,1-12H2. The van der Waals surface area contributed by atoms with Crippen LogP contribution < -0.4 is 15.2 Å². The van der Waals surface area contributed by atoms with E-state index in [1.54, 1.807) is 11.1 Å². The van der Waals surface area contributed by atoms with Gasteiger partial charge in [-0.3, -0.25) is 0 Å². The van der Waals surface area contributed by atoms with Gasteiger partial charge >= 0.3 is 181 Å². The van der Waals surface area contributed by atoms with E-state index in [-0.39, 0.29) is 0 Å². The maximum absolute atomic E-state index is 13.8. The maximum atomic E-state index is 13.8. The molecule has 3 nitrogen and oxygen atoms in total. The Hall–Kier alpha value is -1.50. The first-order valence-electron chi connectivity index (χ1n) is 11.4. The zero-order chi connectivity index (χ0) is 19.1. The average molecular weight is 498 g/mol. The number of benzene rings is 2. The van der Waals surface area contributed by atoms with Gasteiger partial charge in [0.15, 0.2) is 0 Å². The number of rotatable bonds is 0. The van der Waals surface area contributed by atoms with E-state index >= 15 is 0 Å². The second-order valence-electron chi connectivity index (χ2n) is 9.30. The first-order chi connectivity index (χ1) is 14.3. The van der Waals surface area contributed by atoms with E-state index in [0.717, 1.165) is 23.6 Å². The van der Waals surface area contributed by atoms with Gasteiger partial charge in [-0.2, -0.15) is 0 Å². The Kier molecular flexibility index (Phi) is 3.71. The van der Waals surface area contributed by atoms with Crippen LogP contribution in [0.4, 0.5) is 11.4 Å². The predicted molar refractivity (Wildman–Crippen MR) is 122 cm³/mol. The molecule has 4 aliphatic heterocycles. The summed E-state index contributed by atoms with van der Waals surface area (Å²) in [6, 6.07) is 4.64. The van der Waals surface area contributed by atoms with Crippen LogP contribution in [0.25, 0.3) is 17.6 Å². The van der Waals surface area contributed by atoms with Gasteiger partial charge in [-0.1, -0.05) is 0 Å². The van der Waals surface area contributed by atoms with Gasteiger partial charge in [0, 0.05) is 0 Å². The summed E-state index contributed by atoms with van der Waals surface area (Å²) in [6.07, 6.45) is 9.64. The Balaban J connectivity index is 1.62. The third-order valence-electron chi connectivity index (χ3n) is 7.64. The van der Waals surface area contributed by atoms with Crippen molar-refractivity contribution < 1.29 is 0 Å². The quantitative estimate of drug-likeness (QED) is 0.348. The van der Waals surface area contributed by atoms with Crippen molar-refractivity contribution in [2.45, 2.75) is 51.4 Å². The number of anilines is 2. The van der Waals surface area contributed by atoms with Gasteiger partial charge in [-0.25, -0.2) is 0 Å². The molecule has 0 spiro atoms. The molecule has 0 N–H and O–H groups in total. The van der Waals surface area contributed by atoms with Crippen molar-refractivity contribution in [3.8, 4) is 0 Å². The molecular weight excluding hydrogens is 472 g/mol. The van der Waals surface area contributed by atoms with E-state index in [1.165, 1.54) is 94.0 Å². The molecule has 0 amide bonds. The topological polar surface area (TPSA) is 23.6 Å². The normalized spacial score (nSPS) is 20.1. The molecule has 4 aliphatic rings. The van der Waals surface area contributed by atoms with Crippen molar-refractivity contribution in [2.75, 3.05) is 36.0 Å². The first-order valence-corrected chi connectivity index (χ1v) is 13.7.